The number of carboxylic acids is 1. The summed E-state index contributed by atoms with van der Waals surface area (Å²) < 4.78 is 0. The van der Waals surface area contributed by atoms with Crippen LogP contribution in [0.15, 0.2) is 17.5 Å². The highest BCUT2D eigenvalue weighted by Crippen LogP contribution is 2.23. The Hall–Kier alpha value is -0.870. The minimum Gasteiger partial charge on any atom is -0.480 e. The Morgan fingerprint density at radius 2 is 2.25 bits per heavy atom. The molecule has 12 heavy (non-hydrogen) atoms. The van der Waals surface area contributed by atoms with Crippen molar-refractivity contribution in [2.24, 2.45) is 0 Å². The molecule has 0 aliphatic carbocycles. The van der Waals surface area contributed by atoms with Gasteiger partial charge in [0.25, 0.3) is 0 Å². The van der Waals surface area contributed by atoms with Crippen LogP contribution >= 0.6 is 22.9 Å². The molecular weight excluding hydrogens is 200 g/mol. The molecule has 0 spiro atoms. The van der Waals surface area contributed by atoms with Crippen molar-refractivity contribution in [3.63, 3.8) is 0 Å². The van der Waals surface area contributed by atoms with E-state index in [9.17, 15) is 9.59 Å². The van der Waals surface area contributed by atoms with Gasteiger partial charge in [0, 0.05) is 4.88 Å². The second-order valence-electron chi connectivity index (χ2n) is 2.09. The molecule has 0 saturated carbocycles. The molecule has 0 aliphatic heterocycles. The number of carboxylic acid groups (broad SMARTS) is 1. The average Bonchev–Trinajstić information content (AvgIpc) is 2.37. The molecule has 0 aromatic carbocycles. The molecule has 0 fully saturated rings. The van der Waals surface area contributed by atoms with Crippen molar-refractivity contribution in [1.29, 1.82) is 0 Å². The first-order valence-corrected chi connectivity index (χ1v) is 4.34. The minimum absolute atomic E-state index is 0.461. The van der Waals surface area contributed by atoms with Crippen LogP contribution in [0.5, 0.6) is 0 Å². The molecule has 1 aromatic heterocycles. The largest absolute Gasteiger partial charge is 0.480 e. The molecule has 1 rings (SSSR count). The van der Waals surface area contributed by atoms with E-state index in [1.165, 1.54) is 11.3 Å². The first-order valence-electron chi connectivity index (χ1n) is 3.08. The monoisotopic (exact) mass is 204 g/mol. The van der Waals surface area contributed by atoms with Gasteiger partial charge in [-0.3, -0.25) is 9.59 Å². The van der Waals surface area contributed by atoms with E-state index in [4.69, 9.17) is 16.7 Å². The third-order valence-corrected chi connectivity index (χ3v) is 2.46. The number of halogens is 1. The Bertz CT molecular complexity index is 280. The molecule has 64 valence electrons. The van der Waals surface area contributed by atoms with Crippen LogP contribution in [0, 0.1) is 0 Å². The molecule has 5 heteroatoms. The Kier molecular flexibility index (Phi) is 2.83. The van der Waals surface area contributed by atoms with Gasteiger partial charge in [0.2, 0.25) is 5.24 Å². The second kappa shape index (κ2) is 3.69. The number of hydrogen-bond donors (Lipinski definition) is 1. The van der Waals surface area contributed by atoms with Crippen LogP contribution in [0.3, 0.4) is 0 Å². The fourth-order valence-corrected chi connectivity index (χ4v) is 1.88. The molecule has 1 N–H and O–H groups in total. The molecule has 1 unspecified atom stereocenters. The lowest BCUT2D eigenvalue weighted by molar-refractivity contribution is -0.140. The Balaban J connectivity index is 2.96. The van der Waals surface area contributed by atoms with Gasteiger partial charge in [-0.1, -0.05) is 6.07 Å². The maximum Gasteiger partial charge on any atom is 0.320 e. The first-order chi connectivity index (χ1) is 5.63. The number of carbonyl (C=O) groups is 2. The molecule has 3 nitrogen and oxygen atoms in total. The van der Waals surface area contributed by atoms with Crippen molar-refractivity contribution < 1.29 is 14.7 Å². The normalized spacial score (nSPS) is 12.4. The van der Waals surface area contributed by atoms with Crippen LogP contribution in [-0.4, -0.2) is 16.3 Å². The van der Waals surface area contributed by atoms with Gasteiger partial charge in [0.1, 0.15) is 0 Å². The molecule has 0 saturated heterocycles. The van der Waals surface area contributed by atoms with E-state index < -0.39 is 17.1 Å². The highest BCUT2D eigenvalue weighted by molar-refractivity contribution is 7.10. The van der Waals surface area contributed by atoms with Crippen molar-refractivity contribution in [3.05, 3.63) is 22.4 Å². The zero-order valence-electron chi connectivity index (χ0n) is 5.86. The van der Waals surface area contributed by atoms with E-state index in [1.807, 2.05) is 0 Å². The SMILES string of the molecule is O=C(O)C(C(=O)Cl)c1cccs1. The van der Waals surface area contributed by atoms with Gasteiger partial charge in [-0.2, -0.15) is 0 Å². The lowest BCUT2D eigenvalue weighted by atomic mass is 10.1. The van der Waals surface area contributed by atoms with Gasteiger partial charge in [-0.05, 0) is 23.0 Å². The summed E-state index contributed by atoms with van der Waals surface area (Å²) in [7, 11) is 0. The smallest absolute Gasteiger partial charge is 0.320 e. The summed E-state index contributed by atoms with van der Waals surface area (Å²) in [6, 6.07) is 3.25. The standard InChI is InChI=1S/C7H5ClO3S/c8-6(9)5(7(10)11)4-2-1-3-12-4/h1-3,5H,(H,10,11). The van der Waals surface area contributed by atoms with E-state index in [0.717, 1.165) is 0 Å². The summed E-state index contributed by atoms with van der Waals surface area (Å²) in [5.74, 6) is -2.43. The molecule has 1 heterocycles. The fraction of sp³-hybridized carbons (Fsp3) is 0.143. The van der Waals surface area contributed by atoms with Gasteiger partial charge < -0.3 is 5.11 Å². The van der Waals surface area contributed by atoms with Gasteiger partial charge >= 0.3 is 5.97 Å². The predicted molar refractivity (Wildman–Crippen MR) is 45.6 cm³/mol. The van der Waals surface area contributed by atoms with E-state index in [-0.39, 0.29) is 0 Å². The summed E-state index contributed by atoms with van der Waals surface area (Å²) in [5, 5.41) is 9.46. The van der Waals surface area contributed by atoms with Crippen molar-refractivity contribution in [2.45, 2.75) is 5.92 Å². The molecule has 0 bridgehead atoms. The molecule has 0 amide bonds. The number of carbonyl (C=O) groups excluding carboxylic acids is 1. The van der Waals surface area contributed by atoms with Crippen LogP contribution < -0.4 is 0 Å². The van der Waals surface area contributed by atoms with Gasteiger partial charge in [0.15, 0.2) is 5.92 Å². The first kappa shape index (κ1) is 9.22. The summed E-state index contributed by atoms with van der Waals surface area (Å²) in [5.41, 5.74) is 0. The van der Waals surface area contributed by atoms with E-state index in [0.29, 0.717) is 4.88 Å². The van der Waals surface area contributed by atoms with Crippen molar-refractivity contribution >= 4 is 34.1 Å². The van der Waals surface area contributed by atoms with Gasteiger partial charge in [-0.25, -0.2) is 0 Å². The van der Waals surface area contributed by atoms with Crippen molar-refractivity contribution in [1.82, 2.24) is 0 Å². The van der Waals surface area contributed by atoms with Crippen LogP contribution in [-0.2, 0) is 9.59 Å². The predicted octanol–water partition coefficient (Wildman–Crippen LogP) is 1.68. The van der Waals surface area contributed by atoms with Crippen molar-refractivity contribution in [2.75, 3.05) is 0 Å². The lowest BCUT2D eigenvalue weighted by Gasteiger charge is -2.02. The quantitative estimate of drug-likeness (QED) is 0.602. The number of aliphatic carboxylic acids is 1. The zero-order valence-corrected chi connectivity index (χ0v) is 7.43. The molecule has 0 radical (unpaired) electrons. The maximum atomic E-state index is 10.7. The average molecular weight is 205 g/mol. The van der Waals surface area contributed by atoms with E-state index >= 15 is 0 Å². The van der Waals surface area contributed by atoms with Gasteiger partial charge in [-0.15, -0.1) is 11.3 Å². The number of thiophene rings is 1. The second-order valence-corrected chi connectivity index (χ2v) is 3.44. The molecular formula is C7H5ClO3S. The van der Waals surface area contributed by atoms with Crippen LogP contribution in [0.25, 0.3) is 0 Å². The number of hydrogen-bond acceptors (Lipinski definition) is 3. The molecule has 0 aliphatic rings. The van der Waals surface area contributed by atoms with Gasteiger partial charge in [0.05, 0.1) is 0 Å². The third-order valence-electron chi connectivity index (χ3n) is 1.30. The Morgan fingerprint density at radius 3 is 2.58 bits per heavy atom. The van der Waals surface area contributed by atoms with E-state index in [2.05, 4.69) is 0 Å². The molecule has 1 aromatic rings. The highest BCUT2D eigenvalue weighted by atomic mass is 35.5. The fourth-order valence-electron chi connectivity index (χ4n) is 0.786. The summed E-state index contributed by atoms with van der Waals surface area (Å²) in [6.07, 6.45) is 0. The third kappa shape index (κ3) is 1.84. The van der Waals surface area contributed by atoms with Crippen LogP contribution in [0.2, 0.25) is 0 Å². The highest BCUT2D eigenvalue weighted by Gasteiger charge is 2.27. The van der Waals surface area contributed by atoms with Crippen LogP contribution in [0.1, 0.15) is 10.8 Å². The summed E-state index contributed by atoms with van der Waals surface area (Å²) in [6.45, 7) is 0. The maximum absolute atomic E-state index is 10.7. The number of rotatable bonds is 3. The topological polar surface area (TPSA) is 54.4 Å². The summed E-state index contributed by atoms with van der Waals surface area (Å²) >= 11 is 6.32. The van der Waals surface area contributed by atoms with E-state index in [1.54, 1.807) is 17.5 Å². The molecule has 1 atom stereocenters. The summed E-state index contributed by atoms with van der Waals surface area (Å²) in [4.78, 5) is 21.7. The van der Waals surface area contributed by atoms with Crippen LogP contribution in [0.4, 0.5) is 0 Å². The zero-order chi connectivity index (χ0) is 9.14. The minimum atomic E-state index is -1.22. The Labute approximate surface area is 77.6 Å². The lowest BCUT2D eigenvalue weighted by Crippen LogP contribution is -2.16. The van der Waals surface area contributed by atoms with Crippen molar-refractivity contribution in [3.8, 4) is 0 Å². The Morgan fingerprint density at radius 1 is 1.58 bits per heavy atom.